The van der Waals surface area contributed by atoms with Crippen molar-refractivity contribution in [2.45, 2.75) is 0 Å². The lowest BCUT2D eigenvalue weighted by Gasteiger charge is -1.81. The second-order valence-electron chi connectivity index (χ2n) is 1.10. The van der Waals surface area contributed by atoms with Crippen LogP contribution in [0.1, 0.15) is 0 Å². The minimum atomic E-state index is 0.383. The number of hydrogen-bond donors (Lipinski definition) is 1. The topological polar surface area (TPSA) is 12.0 Å². The molecule has 4 heteroatoms. The van der Waals surface area contributed by atoms with Crippen LogP contribution in [-0.2, 0) is 0 Å². The van der Waals surface area contributed by atoms with Gasteiger partial charge < -0.3 is 4.98 Å². The molecule has 0 fully saturated rings. The third-order valence-electron chi connectivity index (χ3n) is 0.500. The molecule has 1 nitrogen and oxygen atoms in total. The largest absolute Gasteiger partial charge is 0.348 e. The predicted molar refractivity (Wildman–Crippen MR) is 36.1 cm³/mol. The molecule has 0 rings (SSSR count). The number of nitrogens with one attached hydrogen (secondary N) is 1. The predicted octanol–water partition coefficient (Wildman–Crippen LogP) is -3.35. The van der Waals surface area contributed by atoms with Crippen LogP contribution in [0.3, 0.4) is 0 Å². The molecule has 0 aliphatic heterocycles. The number of rotatable bonds is 2. The minimum Gasteiger partial charge on any atom is -0.348 e. The Morgan fingerprint density at radius 3 is 2.40 bits per heavy atom. The average Bonchev–Trinajstić information content (AvgIpc) is 1.41. The minimum absolute atomic E-state index is 0.383. The summed E-state index contributed by atoms with van der Waals surface area (Å²) in [7, 11) is 4.58. The molecular formula is CH11NSi3. The van der Waals surface area contributed by atoms with Crippen molar-refractivity contribution in [1.29, 1.82) is 0 Å². The second-order valence-corrected chi connectivity index (χ2v) is 16.8. The van der Waals surface area contributed by atoms with Gasteiger partial charge in [0, 0.05) is 8.55 Å². The SMILES string of the molecule is CN[SiH2][SiH2][SiH3]. The van der Waals surface area contributed by atoms with E-state index >= 15 is 0 Å². The van der Waals surface area contributed by atoms with Crippen LogP contribution in [0.4, 0.5) is 0 Å². The highest BCUT2D eigenvalue weighted by molar-refractivity contribution is 7.23. The van der Waals surface area contributed by atoms with Gasteiger partial charge in [0.25, 0.3) is 0 Å². The quantitative estimate of drug-likeness (QED) is 0.377. The van der Waals surface area contributed by atoms with Crippen molar-refractivity contribution in [3.63, 3.8) is 0 Å². The van der Waals surface area contributed by atoms with Gasteiger partial charge in [-0.15, -0.1) is 0 Å². The second kappa shape index (κ2) is 4.61. The van der Waals surface area contributed by atoms with E-state index in [0.29, 0.717) is 17.8 Å². The standard InChI is InChI=1S/CH11NSi3/c1-2-4-5-3/h2H,4-5H2,1,3H3. The fourth-order valence-corrected chi connectivity index (χ4v) is 6.75. The Hall–Kier alpha value is 0.611. The summed E-state index contributed by atoms with van der Waals surface area (Å²) >= 11 is 0. The fourth-order valence-electron chi connectivity index (χ4n) is 0.250. The van der Waals surface area contributed by atoms with Crippen LogP contribution in [0.25, 0.3) is 0 Å². The highest BCUT2D eigenvalue weighted by Crippen LogP contribution is 1.30. The van der Waals surface area contributed by atoms with Gasteiger partial charge in [-0.1, -0.05) is 0 Å². The Kier molecular flexibility index (Phi) is 5.17. The van der Waals surface area contributed by atoms with Crippen molar-refractivity contribution in [3.8, 4) is 0 Å². The van der Waals surface area contributed by atoms with E-state index in [1.807, 2.05) is 0 Å². The maximum atomic E-state index is 3.25. The molecule has 0 spiro atoms. The summed E-state index contributed by atoms with van der Waals surface area (Å²) in [6.07, 6.45) is 0. The molecule has 0 amide bonds. The van der Waals surface area contributed by atoms with Crippen LogP contribution in [0.15, 0.2) is 0 Å². The van der Waals surface area contributed by atoms with Crippen LogP contribution < -0.4 is 4.98 Å². The Balaban J connectivity index is 2.19. The van der Waals surface area contributed by atoms with E-state index in [4.69, 9.17) is 0 Å². The monoisotopic (exact) mass is 121 g/mol. The lowest BCUT2D eigenvalue weighted by molar-refractivity contribution is 1.27. The molecular weight excluding hydrogens is 110 g/mol. The summed E-state index contributed by atoms with van der Waals surface area (Å²) in [4.78, 5) is 3.25. The molecule has 0 atom stereocenters. The zero-order valence-electron chi connectivity index (χ0n) is 3.91. The molecule has 5 heavy (non-hydrogen) atoms. The Morgan fingerprint density at radius 1 is 1.80 bits per heavy atom. The van der Waals surface area contributed by atoms with E-state index in [-0.39, 0.29) is 0 Å². The van der Waals surface area contributed by atoms with Crippen LogP contribution >= 0.6 is 0 Å². The van der Waals surface area contributed by atoms with Gasteiger partial charge in [0.05, 0.1) is 9.20 Å². The van der Waals surface area contributed by atoms with Crippen molar-refractivity contribution in [2.75, 3.05) is 7.05 Å². The van der Waals surface area contributed by atoms with Gasteiger partial charge in [-0.3, -0.25) is 0 Å². The summed E-state index contributed by atoms with van der Waals surface area (Å²) in [5.74, 6) is 0. The van der Waals surface area contributed by atoms with Crippen molar-refractivity contribution in [3.05, 3.63) is 0 Å². The van der Waals surface area contributed by atoms with Crippen molar-refractivity contribution in [2.24, 2.45) is 0 Å². The zero-order valence-corrected chi connectivity index (χ0v) is 8.74. The van der Waals surface area contributed by atoms with E-state index in [1.165, 1.54) is 9.76 Å². The molecule has 0 aliphatic carbocycles. The summed E-state index contributed by atoms with van der Waals surface area (Å²) in [5, 5.41) is 0. The molecule has 0 unspecified atom stereocenters. The Morgan fingerprint density at radius 2 is 2.40 bits per heavy atom. The van der Waals surface area contributed by atoms with Crippen molar-refractivity contribution < 1.29 is 0 Å². The first-order valence-electron chi connectivity index (χ1n) is 2.06. The van der Waals surface area contributed by atoms with Gasteiger partial charge in [-0.05, 0) is 16.8 Å². The first kappa shape index (κ1) is 5.61. The zero-order chi connectivity index (χ0) is 4.12. The third-order valence-corrected chi connectivity index (χ3v) is 9.00. The Bertz CT molecular complexity index is 14.4. The van der Waals surface area contributed by atoms with Gasteiger partial charge >= 0.3 is 0 Å². The molecule has 0 saturated carbocycles. The van der Waals surface area contributed by atoms with Gasteiger partial charge in [0.2, 0.25) is 0 Å². The van der Waals surface area contributed by atoms with E-state index < -0.39 is 0 Å². The average molecular weight is 121 g/mol. The first-order valence-corrected chi connectivity index (χ1v) is 12.4. The van der Waals surface area contributed by atoms with E-state index in [9.17, 15) is 0 Å². The van der Waals surface area contributed by atoms with Crippen molar-refractivity contribution in [1.82, 2.24) is 4.98 Å². The fraction of sp³-hybridized carbons (Fsp3) is 1.00. The molecule has 0 saturated heterocycles. The van der Waals surface area contributed by atoms with Crippen molar-refractivity contribution >= 4 is 27.5 Å². The molecule has 0 aliphatic rings. The molecule has 0 aromatic carbocycles. The van der Waals surface area contributed by atoms with E-state index in [2.05, 4.69) is 12.0 Å². The van der Waals surface area contributed by atoms with Gasteiger partial charge in [0.1, 0.15) is 0 Å². The molecule has 1 N–H and O–H groups in total. The molecule has 0 bridgehead atoms. The lowest BCUT2D eigenvalue weighted by atomic mass is 11.6. The molecule has 0 aromatic rings. The number of hydrogen-bond acceptors (Lipinski definition) is 1. The van der Waals surface area contributed by atoms with E-state index in [0.717, 1.165) is 0 Å². The molecule has 0 heterocycles. The van der Waals surface area contributed by atoms with Gasteiger partial charge in [-0.25, -0.2) is 0 Å². The lowest BCUT2D eigenvalue weighted by Crippen LogP contribution is -2.19. The van der Waals surface area contributed by atoms with Gasteiger partial charge in [0.15, 0.2) is 0 Å². The van der Waals surface area contributed by atoms with Crippen LogP contribution in [-0.4, -0.2) is 34.6 Å². The highest BCUT2D eigenvalue weighted by Gasteiger charge is 1.69. The molecule has 32 valence electrons. The van der Waals surface area contributed by atoms with E-state index in [1.54, 1.807) is 0 Å². The smallest absolute Gasteiger partial charge is 0.0723 e. The normalized spacial score (nSPS) is 13.8. The van der Waals surface area contributed by atoms with Crippen LogP contribution in [0, 0.1) is 0 Å². The summed E-state index contributed by atoms with van der Waals surface area (Å²) < 4.78 is 0. The summed E-state index contributed by atoms with van der Waals surface area (Å²) in [6, 6.07) is 0. The van der Waals surface area contributed by atoms with Crippen LogP contribution in [0.5, 0.6) is 0 Å². The summed E-state index contributed by atoms with van der Waals surface area (Å²) in [5.41, 5.74) is 0. The first-order chi connectivity index (χ1) is 2.41. The molecule has 0 aromatic heterocycles. The maximum absolute atomic E-state index is 3.25. The maximum Gasteiger partial charge on any atom is 0.0723 e. The summed E-state index contributed by atoms with van der Waals surface area (Å²) in [6.45, 7) is 0. The highest BCUT2D eigenvalue weighted by atomic mass is 29.5. The third kappa shape index (κ3) is 4.61. The molecule has 0 radical (unpaired) electrons. The van der Waals surface area contributed by atoms with Crippen LogP contribution in [0.2, 0.25) is 0 Å². The van der Waals surface area contributed by atoms with Gasteiger partial charge in [-0.2, -0.15) is 0 Å². The Labute approximate surface area is 40.3 Å².